The van der Waals surface area contributed by atoms with Gasteiger partial charge in [0.2, 0.25) is 0 Å². The molecule has 0 saturated carbocycles. The van der Waals surface area contributed by atoms with Crippen LogP contribution in [0.4, 0.5) is 0 Å². The predicted molar refractivity (Wildman–Crippen MR) is 87.8 cm³/mol. The van der Waals surface area contributed by atoms with Crippen LogP contribution in [0.2, 0.25) is 0 Å². The van der Waals surface area contributed by atoms with Gasteiger partial charge in [0, 0.05) is 39.3 Å². The van der Waals surface area contributed by atoms with Crippen LogP contribution in [0.5, 0.6) is 0 Å². The van der Waals surface area contributed by atoms with Crippen LogP contribution in [0.1, 0.15) is 27.2 Å². The Morgan fingerprint density at radius 3 is 2.48 bits per heavy atom. The van der Waals surface area contributed by atoms with Crippen molar-refractivity contribution in [3.8, 4) is 0 Å². The first kappa shape index (κ1) is 16.6. The van der Waals surface area contributed by atoms with Crippen molar-refractivity contribution in [3.05, 3.63) is 0 Å². The third kappa shape index (κ3) is 5.47. The maximum Gasteiger partial charge on any atom is 0.193 e. The lowest BCUT2D eigenvalue weighted by atomic mass is 9.92. The highest BCUT2D eigenvalue weighted by Crippen LogP contribution is 2.20. The highest BCUT2D eigenvalue weighted by Gasteiger charge is 2.23. The zero-order valence-corrected chi connectivity index (χ0v) is 14.0. The molecule has 0 spiro atoms. The summed E-state index contributed by atoms with van der Waals surface area (Å²) in [7, 11) is 0. The molecule has 0 aliphatic carbocycles. The second-order valence-electron chi connectivity index (χ2n) is 6.54. The van der Waals surface area contributed by atoms with E-state index in [4.69, 9.17) is 9.73 Å². The summed E-state index contributed by atoms with van der Waals surface area (Å²) in [5.74, 6) is 2.62. The van der Waals surface area contributed by atoms with E-state index in [1.807, 2.05) is 0 Å². The van der Waals surface area contributed by atoms with Gasteiger partial charge in [-0.3, -0.25) is 9.89 Å². The monoisotopic (exact) mass is 296 g/mol. The van der Waals surface area contributed by atoms with Crippen molar-refractivity contribution in [1.29, 1.82) is 0 Å². The van der Waals surface area contributed by atoms with E-state index >= 15 is 0 Å². The minimum atomic E-state index is 0.761. The molecule has 2 atom stereocenters. The zero-order valence-electron chi connectivity index (χ0n) is 14.0. The molecule has 5 heteroatoms. The minimum absolute atomic E-state index is 0.761. The van der Waals surface area contributed by atoms with Crippen molar-refractivity contribution < 1.29 is 4.74 Å². The average molecular weight is 296 g/mol. The van der Waals surface area contributed by atoms with E-state index in [0.29, 0.717) is 0 Å². The van der Waals surface area contributed by atoms with Gasteiger partial charge in [-0.05, 0) is 25.2 Å². The van der Waals surface area contributed by atoms with Gasteiger partial charge in [0.05, 0.1) is 19.8 Å². The number of morpholine rings is 1. The van der Waals surface area contributed by atoms with Crippen molar-refractivity contribution in [3.63, 3.8) is 0 Å². The molecular weight excluding hydrogens is 264 g/mol. The topological polar surface area (TPSA) is 40.1 Å². The molecule has 2 heterocycles. The molecule has 0 amide bonds. The summed E-state index contributed by atoms with van der Waals surface area (Å²) in [4.78, 5) is 9.74. The number of likely N-dealkylation sites (tertiary alicyclic amines) is 1. The van der Waals surface area contributed by atoms with Crippen LogP contribution in [-0.4, -0.2) is 74.8 Å². The molecule has 2 aliphatic heterocycles. The number of ether oxygens (including phenoxy) is 1. The minimum Gasteiger partial charge on any atom is -0.379 e. The lowest BCUT2D eigenvalue weighted by Crippen LogP contribution is -2.48. The summed E-state index contributed by atoms with van der Waals surface area (Å²) >= 11 is 0. The van der Waals surface area contributed by atoms with Crippen molar-refractivity contribution in [2.24, 2.45) is 16.8 Å². The zero-order chi connectivity index (χ0) is 15.1. The summed E-state index contributed by atoms with van der Waals surface area (Å²) in [6.07, 6.45) is 1.34. The van der Waals surface area contributed by atoms with Gasteiger partial charge in [-0.1, -0.05) is 13.8 Å². The van der Waals surface area contributed by atoms with Gasteiger partial charge < -0.3 is 15.0 Å². The fourth-order valence-electron chi connectivity index (χ4n) is 3.38. The maximum absolute atomic E-state index is 5.39. The quantitative estimate of drug-likeness (QED) is 0.626. The normalized spacial score (nSPS) is 28.7. The van der Waals surface area contributed by atoms with E-state index in [9.17, 15) is 0 Å². The molecule has 2 fully saturated rings. The number of guanidine groups is 1. The molecule has 0 aromatic carbocycles. The lowest BCUT2D eigenvalue weighted by Gasteiger charge is -2.37. The summed E-state index contributed by atoms with van der Waals surface area (Å²) in [6.45, 7) is 15.8. The van der Waals surface area contributed by atoms with Gasteiger partial charge in [-0.2, -0.15) is 0 Å². The number of nitrogens with one attached hydrogen (secondary N) is 1. The summed E-state index contributed by atoms with van der Waals surface area (Å²) in [5.41, 5.74) is 0. The van der Waals surface area contributed by atoms with Crippen LogP contribution in [0, 0.1) is 11.8 Å². The fourth-order valence-corrected chi connectivity index (χ4v) is 3.38. The van der Waals surface area contributed by atoms with Gasteiger partial charge in [0.1, 0.15) is 0 Å². The SMILES string of the molecule is CCNC(=NCCN1CCOCC1)N1CC(C)CC(C)C1. The molecule has 0 bridgehead atoms. The van der Waals surface area contributed by atoms with Crippen LogP contribution in [-0.2, 0) is 4.74 Å². The number of piperidine rings is 1. The Morgan fingerprint density at radius 2 is 1.86 bits per heavy atom. The molecule has 2 aliphatic rings. The Labute approximate surface area is 129 Å². The van der Waals surface area contributed by atoms with Crippen LogP contribution in [0.25, 0.3) is 0 Å². The number of aliphatic imine (C=N–C) groups is 1. The fraction of sp³-hybridized carbons (Fsp3) is 0.938. The summed E-state index contributed by atoms with van der Waals surface area (Å²) in [5, 5.41) is 3.46. The van der Waals surface area contributed by atoms with Gasteiger partial charge in [-0.15, -0.1) is 0 Å². The predicted octanol–water partition coefficient (Wildman–Crippen LogP) is 1.26. The summed E-state index contributed by atoms with van der Waals surface area (Å²) < 4.78 is 5.39. The Hall–Kier alpha value is -0.810. The van der Waals surface area contributed by atoms with Gasteiger partial charge in [-0.25, -0.2) is 0 Å². The van der Waals surface area contributed by atoms with Crippen molar-refractivity contribution >= 4 is 5.96 Å². The van der Waals surface area contributed by atoms with Crippen molar-refractivity contribution in [2.45, 2.75) is 27.2 Å². The Morgan fingerprint density at radius 1 is 1.19 bits per heavy atom. The van der Waals surface area contributed by atoms with E-state index in [-0.39, 0.29) is 0 Å². The van der Waals surface area contributed by atoms with Crippen molar-refractivity contribution in [2.75, 3.05) is 59.0 Å². The number of rotatable bonds is 4. The number of hydrogen-bond donors (Lipinski definition) is 1. The third-order valence-corrected chi connectivity index (χ3v) is 4.28. The van der Waals surface area contributed by atoms with Crippen LogP contribution >= 0.6 is 0 Å². The third-order valence-electron chi connectivity index (χ3n) is 4.28. The molecule has 0 aromatic rings. The highest BCUT2D eigenvalue weighted by molar-refractivity contribution is 5.80. The Bertz CT molecular complexity index is 318. The number of nitrogens with zero attached hydrogens (tertiary/aromatic N) is 3. The first-order valence-corrected chi connectivity index (χ1v) is 8.52. The first-order valence-electron chi connectivity index (χ1n) is 8.52. The molecule has 0 aromatic heterocycles. The molecule has 2 rings (SSSR count). The highest BCUT2D eigenvalue weighted by atomic mass is 16.5. The Balaban J connectivity index is 1.85. The number of hydrogen-bond acceptors (Lipinski definition) is 3. The van der Waals surface area contributed by atoms with E-state index < -0.39 is 0 Å². The molecule has 2 unspecified atom stereocenters. The molecule has 5 nitrogen and oxygen atoms in total. The average Bonchev–Trinajstić information content (AvgIpc) is 2.46. The van der Waals surface area contributed by atoms with E-state index in [2.05, 4.69) is 35.9 Å². The van der Waals surface area contributed by atoms with Gasteiger partial charge in [0.15, 0.2) is 5.96 Å². The van der Waals surface area contributed by atoms with Gasteiger partial charge in [0.25, 0.3) is 0 Å². The molecule has 2 saturated heterocycles. The standard InChI is InChI=1S/C16H32N4O/c1-4-17-16(20-12-14(2)11-15(3)13-20)18-5-6-19-7-9-21-10-8-19/h14-15H,4-13H2,1-3H3,(H,17,18). The smallest absolute Gasteiger partial charge is 0.193 e. The first-order chi connectivity index (χ1) is 10.2. The van der Waals surface area contributed by atoms with Crippen LogP contribution in [0.15, 0.2) is 4.99 Å². The molecule has 1 N–H and O–H groups in total. The second kappa shape index (κ2) is 8.59. The van der Waals surface area contributed by atoms with Gasteiger partial charge >= 0.3 is 0 Å². The maximum atomic E-state index is 5.39. The largest absolute Gasteiger partial charge is 0.379 e. The molecule has 0 radical (unpaired) electrons. The second-order valence-corrected chi connectivity index (χ2v) is 6.54. The van der Waals surface area contributed by atoms with E-state index in [1.54, 1.807) is 0 Å². The van der Waals surface area contributed by atoms with E-state index in [0.717, 1.165) is 76.8 Å². The van der Waals surface area contributed by atoms with Crippen LogP contribution in [0.3, 0.4) is 0 Å². The lowest BCUT2D eigenvalue weighted by molar-refractivity contribution is 0.0394. The molecular formula is C16H32N4O. The van der Waals surface area contributed by atoms with Crippen molar-refractivity contribution in [1.82, 2.24) is 15.1 Å². The molecule has 122 valence electrons. The summed E-state index contributed by atoms with van der Waals surface area (Å²) in [6, 6.07) is 0. The molecule has 21 heavy (non-hydrogen) atoms. The van der Waals surface area contributed by atoms with E-state index in [1.165, 1.54) is 6.42 Å². The Kier molecular flexibility index (Phi) is 6.77. The van der Waals surface area contributed by atoms with Crippen LogP contribution < -0.4 is 5.32 Å².